The van der Waals surface area contributed by atoms with E-state index in [-0.39, 0.29) is 18.2 Å². The second kappa shape index (κ2) is 6.43. The maximum atomic E-state index is 12.6. The third kappa shape index (κ3) is 3.32. The van der Waals surface area contributed by atoms with Crippen molar-refractivity contribution in [1.29, 1.82) is 0 Å². The minimum Gasteiger partial charge on any atom is -0.399 e. The molecule has 4 nitrogen and oxygen atoms in total. The summed E-state index contributed by atoms with van der Waals surface area (Å²) in [5.41, 5.74) is 6.80. The number of amides is 2. The van der Waals surface area contributed by atoms with Crippen LogP contribution in [0.25, 0.3) is 0 Å². The van der Waals surface area contributed by atoms with Crippen molar-refractivity contribution >= 4 is 58.2 Å². The van der Waals surface area contributed by atoms with E-state index in [0.29, 0.717) is 21.4 Å². The molecule has 3 rings (SSSR count). The Morgan fingerprint density at radius 1 is 1.09 bits per heavy atom. The van der Waals surface area contributed by atoms with Gasteiger partial charge < -0.3 is 5.73 Å². The molecule has 2 amide bonds. The third-order valence-corrected chi connectivity index (χ3v) is 5.32. The van der Waals surface area contributed by atoms with Crippen LogP contribution in [0.3, 0.4) is 0 Å². The predicted octanol–water partition coefficient (Wildman–Crippen LogP) is 4.00. The van der Waals surface area contributed by atoms with Crippen LogP contribution in [0.5, 0.6) is 0 Å². The summed E-state index contributed by atoms with van der Waals surface area (Å²) in [4.78, 5) is 26.8. The minimum atomic E-state index is -0.473. The first-order valence-corrected chi connectivity index (χ1v) is 8.43. The average molecular weight is 367 g/mol. The number of nitrogens with zero attached hydrogens (tertiary/aromatic N) is 1. The number of rotatable bonds is 3. The fourth-order valence-electron chi connectivity index (χ4n) is 2.34. The quantitative estimate of drug-likeness (QED) is 0.658. The van der Waals surface area contributed by atoms with Gasteiger partial charge in [-0.05, 0) is 36.4 Å². The number of thioether (sulfide) groups is 1. The number of anilines is 2. The van der Waals surface area contributed by atoms with Gasteiger partial charge in [-0.1, -0.05) is 29.3 Å². The van der Waals surface area contributed by atoms with Crippen molar-refractivity contribution in [3.05, 3.63) is 52.5 Å². The molecule has 0 saturated carbocycles. The Bertz CT molecular complexity index is 797. The molecule has 7 heteroatoms. The Hall–Kier alpha value is -1.69. The number of carbonyl (C=O) groups excluding carboxylic acids is 2. The molecule has 0 unspecified atom stereocenters. The van der Waals surface area contributed by atoms with Crippen molar-refractivity contribution in [2.75, 3.05) is 10.6 Å². The molecular formula is C16H12Cl2N2O2S. The van der Waals surface area contributed by atoms with E-state index in [4.69, 9.17) is 28.9 Å². The van der Waals surface area contributed by atoms with E-state index in [1.54, 1.807) is 24.3 Å². The summed E-state index contributed by atoms with van der Waals surface area (Å²) in [5.74, 6) is -0.518. The van der Waals surface area contributed by atoms with E-state index in [1.165, 1.54) is 17.8 Å². The van der Waals surface area contributed by atoms with Crippen LogP contribution < -0.4 is 10.6 Å². The molecular weight excluding hydrogens is 355 g/mol. The van der Waals surface area contributed by atoms with Crippen molar-refractivity contribution in [2.24, 2.45) is 0 Å². The number of hydrogen-bond donors (Lipinski definition) is 1. The van der Waals surface area contributed by atoms with Gasteiger partial charge in [0.2, 0.25) is 11.8 Å². The standard InChI is InChI=1S/C16H12Cl2N2O2S/c17-12-5-4-10(7-13(12)18)20-15(21)8-14(16(20)22)23-11-3-1-2-9(19)6-11/h1-7,14H,8,19H2/t14-/m1/s1. The van der Waals surface area contributed by atoms with Gasteiger partial charge in [0.1, 0.15) is 0 Å². The molecule has 2 aromatic rings. The lowest BCUT2D eigenvalue weighted by Gasteiger charge is -2.15. The molecule has 118 valence electrons. The lowest BCUT2D eigenvalue weighted by atomic mass is 10.3. The van der Waals surface area contributed by atoms with Crippen molar-refractivity contribution in [2.45, 2.75) is 16.6 Å². The Morgan fingerprint density at radius 3 is 2.57 bits per heavy atom. The fourth-order valence-corrected chi connectivity index (χ4v) is 3.76. The molecule has 0 spiro atoms. The Morgan fingerprint density at radius 2 is 1.87 bits per heavy atom. The SMILES string of the molecule is Nc1cccc(S[C@@H]2CC(=O)N(c3ccc(Cl)c(Cl)c3)C2=O)c1. The first-order chi connectivity index (χ1) is 11.0. The van der Waals surface area contributed by atoms with Gasteiger partial charge in [-0.25, -0.2) is 4.90 Å². The van der Waals surface area contributed by atoms with E-state index in [0.717, 1.165) is 9.80 Å². The van der Waals surface area contributed by atoms with E-state index in [2.05, 4.69) is 0 Å². The Balaban J connectivity index is 1.83. The number of hydrogen-bond acceptors (Lipinski definition) is 4. The summed E-state index contributed by atoms with van der Waals surface area (Å²) >= 11 is 13.2. The molecule has 0 aromatic heterocycles. The van der Waals surface area contributed by atoms with Crippen molar-refractivity contribution in [1.82, 2.24) is 0 Å². The molecule has 1 atom stereocenters. The average Bonchev–Trinajstić information content (AvgIpc) is 2.77. The largest absolute Gasteiger partial charge is 0.399 e. The monoisotopic (exact) mass is 366 g/mol. The van der Waals surface area contributed by atoms with Gasteiger partial charge in [0, 0.05) is 17.0 Å². The van der Waals surface area contributed by atoms with Gasteiger partial charge in [0.05, 0.1) is 21.0 Å². The zero-order chi connectivity index (χ0) is 16.6. The summed E-state index contributed by atoms with van der Waals surface area (Å²) < 4.78 is 0. The van der Waals surface area contributed by atoms with Gasteiger partial charge >= 0.3 is 0 Å². The van der Waals surface area contributed by atoms with Crippen molar-refractivity contribution in [3.8, 4) is 0 Å². The van der Waals surface area contributed by atoms with E-state index in [1.807, 2.05) is 12.1 Å². The Labute approximate surface area is 147 Å². The second-order valence-corrected chi connectivity index (χ2v) is 7.14. The topological polar surface area (TPSA) is 63.4 Å². The summed E-state index contributed by atoms with van der Waals surface area (Å²) in [6.45, 7) is 0. The summed E-state index contributed by atoms with van der Waals surface area (Å²) in [6, 6.07) is 11.9. The first kappa shape index (κ1) is 16.2. The fraction of sp³-hybridized carbons (Fsp3) is 0.125. The first-order valence-electron chi connectivity index (χ1n) is 6.80. The molecule has 0 bridgehead atoms. The highest BCUT2D eigenvalue weighted by Crippen LogP contribution is 2.36. The molecule has 0 radical (unpaired) electrons. The van der Waals surface area contributed by atoms with Gasteiger partial charge in [0.15, 0.2) is 0 Å². The zero-order valence-electron chi connectivity index (χ0n) is 11.8. The van der Waals surface area contributed by atoms with Crippen LogP contribution in [0.1, 0.15) is 6.42 Å². The van der Waals surface area contributed by atoms with Gasteiger partial charge in [-0.2, -0.15) is 0 Å². The number of carbonyl (C=O) groups is 2. The van der Waals surface area contributed by atoms with Crippen LogP contribution in [-0.4, -0.2) is 17.1 Å². The summed E-state index contributed by atoms with van der Waals surface area (Å²) in [5, 5.41) is 0.204. The van der Waals surface area contributed by atoms with Crippen molar-refractivity contribution in [3.63, 3.8) is 0 Å². The second-order valence-electron chi connectivity index (χ2n) is 5.05. The maximum absolute atomic E-state index is 12.6. The lowest BCUT2D eigenvalue weighted by molar-refractivity contribution is -0.121. The number of imide groups is 1. The van der Waals surface area contributed by atoms with E-state index >= 15 is 0 Å². The van der Waals surface area contributed by atoms with E-state index in [9.17, 15) is 9.59 Å². The third-order valence-electron chi connectivity index (χ3n) is 3.40. The Kier molecular flexibility index (Phi) is 4.53. The molecule has 23 heavy (non-hydrogen) atoms. The minimum absolute atomic E-state index is 0.137. The number of benzene rings is 2. The molecule has 1 saturated heterocycles. The number of halogens is 2. The zero-order valence-corrected chi connectivity index (χ0v) is 14.2. The van der Waals surface area contributed by atoms with Crippen LogP contribution >= 0.6 is 35.0 Å². The van der Waals surface area contributed by atoms with Crippen LogP contribution in [-0.2, 0) is 9.59 Å². The number of nitrogen functional groups attached to an aromatic ring is 1. The van der Waals surface area contributed by atoms with Crippen molar-refractivity contribution < 1.29 is 9.59 Å². The molecule has 1 fully saturated rings. The predicted molar refractivity (Wildman–Crippen MR) is 94.1 cm³/mol. The number of nitrogens with two attached hydrogens (primary N) is 1. The van der Waals surface area contributed by atoms with Gasteiger partial charge in [-0.15, -0.1) is 11.8 Å². The van der Waals surface area contributed by atoms with E-state index < -0.39 is 5.25 Å². The molecule has 0 aliphatic carbocycles. The molecule has 1 aliphatic rings. The highest BCUT2D eigenvalue weighted by atomic mass is 35.5. The highest BCUT2D eigenvalue weighted by molar-refractivity contribution is 8.00. The molecule has 1 heterocycles. The molecule has 2 aromatic carbocycles. The maximum Gasteiger partial charge on any atom is 0.247 e. The smallest absolute Gasteiger partial charge is 0.247 e. The molecule has 2 N–H and O–H groups in total. The van der Waals surface area contributed by atoms with Crippen LogP contribution in [0.15, 0.2) is 47.4 Å². The summed E-state index contributed by atoms with van der Waals surface area (Å²) in [7, 11) is 0. The normalized spacial score (nSPS) is 17.8. The van der Waals surface area contributed by atoms with Crippen LogP contribution in [0.2, 0.25) is 10.0 Å². The molecule has 1 aliphatic heterocycles. The van der Waals surface area contributed by atoms with Gasteiger partial charge in [0.25, 0.3) is 0 Å². The summed E-state index contributed by atoms with van der Waals surface area (Å²) in [6.07, 6.45) is 0.137. The lowest BCUT2D eigenvalue weighted by Crippen LogP contribution is -2.31. The van der Waals surface area contributed by atoms with Crippen LogP contribution in [0.4, 0.5) is 11.4 Å². The van der Waals surface area contributed by atoms with Crippen LogP contribution in [0, 0.1) is 0 Å². The van der Waals surface area contributed by atoms with Gasteiger partial charge in [-0.3, -0.25) is 9.59 Å². The highest BCUT2D eigenvalue weighted by Gasteiger charge is 2.40.